The van der Waals surface area contributed by atoms with Crippen LogP contribution in [0.4, 0.5) is 4.39 Å². The number of carbonyl (C=O) groups is 1. The van der Waals surface area contributed by atoms with Crippen LogP contribution in [0.15, 0.2) is 64.3 Å². The third-order valence-electron chi connectivity index (χ3n) is 4.60. The van der Waals surface area contributed by atoms with Crippen molar-refractivity contribution in [1.29, 1.82) is 0 Å². The molecule has 1 atom stereocenters. The lowest BCUT2D eigenvalue weighted by molar-refractivity contribution is -0.149. The van der Waals surface area contributed by atoms with Gasteiger partial charge < -0.3 is 23.9 Å². The van der Waals surface area contributed by atoms with E-state index < -0.39 is 12.1 Å². The number of carboxylic acid groups (broad SMARTS) is 1. The lowest BCUT2D eigenvalue weighted by Crippen LogP contribution is -2.26. The normalized spacial score (nSPS) is 12.4. The molecule has 3 aromatic rings. The fraction of sp³-hybridized carbons (Fsp3) is 0.292. The van der Waals surface area contributed by atoms with Crippen molar-refractivity contribution < 1.29 is 33.1 Å². The van der Waals surface area contributed by atoms with Crippen LogP contribution < -0.4 is 4.74 Å². The van der Waals surface area contributed by atoms with Crippen LogP contribution in [0.2, 0.25) is 0 Å². The van der Waals surface area contributed by atoms with E-state index in [1.807, 2.05) is 0 Å². The number of ether oxygens (including phenoxy) is 2. The minimum atomic E-state index is -0.999. The topological polar surface area (TPSA) is 103 Å². The number of nitrogens with zero attached hydrogens (tertiary/aromatic N) is 2. The number of halogens is 1. The Bertz CT molecular complexity index is 1060. The van der Waals surface area contributed by atoms with Gasteiger partial charge >= 0.3 is 5.97 Å². The van der Waals surface area contributed by atoms with E-state index >= 15 is 0 Å². The third kappa shape index (κ3) is 6.88. The Morgan fingerprint density at radius 2 is 1.85 bits per heavy atom. The molecule has 174 valence electrons. The largest absolute Gasteiger partial charge is 0.487 e. The molecule has 1 unspecified atom stereocenters. The SMILES string of the molecule is CCO/N=C(/COc1ccc(CC(OCC)C(=O)O)cc1)c1cc(-c2ccc(F)cc2)no1. The number of hydrogen-bond acceptors (Lipinski definition) is 7. The number of aliphatic carboxylic acids is 1. The molecule has 0 radical (unpaired) electrons. The number of aromatic nitrogens is 1. The molecule has 0 aliphatic rings. The Kier molecular flexibility index (Phi) is 8.54. The molecule has 0 saturated carbocycles. The molecule has 0 aliphatic heterocycles. The monoisotopic (exact) mass is 456 g/mol. The maximum atomic E-state index is 13.2. The first kappa shape index (κ1) is 23.9. The van der Waals surface area contributed by atoms with Gasteiger partial charge in [0, 0.05) is 24.7 Å². The average molecular weight is 456 g/mol. The summed E-state index contributed by atoms with van der Waals surface area (Å²) >= 11 is 0. The van der Waals surface area contributed by atoms with Gasteiger partial charge in [0.2, 0.25) is 0 Å². The van der Waals surface area contributed by atoms with E-state index in [4.69, 9.17) is 18.8 Å². The van der Waals surface area contributed by atoms with Crippen LogP contribution in [0, 0.1) is 5.82 Å². The first-order valence-electron chi connectivity index (χ1n) is 10.5. The van der Waals surface area contributed by atoms with Gasteiger partial charge in [0.05, 0.1) is 0 Å². The Morgan fingerprint density at radius 3 is 2.48 bits per heavy atom. The summed E-state index contributed by atoms with van der Waals surface area (Å²) in [7, 11) is 0. The van der Waals surface area contributed by atoms with Crippen LogP contribution in [-0.2, 0) is 20.8 Å². The van der Waals surface area contributed by atoms with Gasteiger partial charge in [0.25, 0.3) is 0 Å². The van der Waals surface area contributed by atoms with Gasteiger partial charge in [-0.15, -0.1) is 0 Å². The van der Waals surface area contributed by atoms with Crippen molar-refractivity contribution in [2.45, 2.75) is 26.4 Å². The van der Waals surface area contributed by atoms with E-state index in [-0.39, 0.29) is 18.8 Å². The first-order chi connectivity index (χ1) is 16.0. The number of benzene rings is 2. The molecule has 1 N–H and O–H groups in total. The quantitative estimate of drug-likeness (QED) is 0.320. The summed E-state index contributed by atoms with van der Waals surface area (Å²) in [5.74, 6) is -0.414. The number of oxime groups is 1. The van der Waals surface area contributed by atoms with Gasteiger partial charge in [0.15, 0.2) is 17.6 Å². The second-order valence-electron chi connectivity index (χ2n) is 6.96. The van der Waals surface area contributed by atoms with E-state index in [0.29, 0.717) is 41.7 Å². The predicted octanol–water partition coefficient (Wildman–Crippen LogP) is 4.33. The Labute approximate surface area is 190 Å². The third-order valence-corrected chi connectivity index (χ3v) is 4.60. The molecule has 8 nitrogen and oxygen atoms in total. The molecule has 0 spiro atoms. The maximum absolute atomic E-state index is 13.2. The van der Waals surface area contributed by atoms with Crippen molar-refractivity contribution >= 4 is 11.7 Å². The summed E-state index contributed by atoms with van der Waals surface area (Å²) in [6.07, 6.45) is -0.640. The Morgan fingerprint density at radius 1 is 1.12 bits per heavy atom. The molecule has 2 aromatic carbocycles. The summed E-state index contributed by atoms with van der Waals surface area (Å²) in [5, 5.41) is 17.3. The molecule has 0 bridgehead atoms. The van der Waals surface area contributed by atoms with Gasteiger partial charge in [-0.25, -0.2) is 9.18 Å². The van der Waals surface area contributed by atoms with E-state index in [1.54, 1.807) is 56.3 Å². The fourth-order valence-electron chi connectivity index (χ4n) is 2.96. The molecule has 9 heteroatoms. The van der Waals surface area contributed by atoms with Gasteiger partial charge in [-0.05, 0) is 55.8 Å². The van der Waals surface area contributed by atoms with E-state index in [9.17, 15) is 14.3 Å². The first-order valence-corrected chi connectivity index (χ1v) is 10.5. The highest BCUT2D eigenvalue weighted by Crippen LogP contribution is 2.21. The summed E-state index contributed by atoms with van der Waals surface area (Å²) < 4.78 is 29.6. The van der Waals surface area contributed by atoms with Crippen molar-refractivity contribution in [2.75, 3.05) is 19.8 Å². The molecule has 0 aliphatic carbocycles. The Hall–Kier alpha value is -3.72. The molecule has 0 saturated heterocycles. The number of hydrogen-bond donors (Lipinski definition) is 1. The standard InChI is InChI=1S/C24H25FN2O6/c1-3-30-23(24(28)29)13-16-5-11-19(12-6-16)31-15-21(26-32-4-2)22-14-20(27-33-22)17-7-9-18(25)10-8-17/h5-12,14,23H,3-4,13,15H2,1-2H3,(H,28,29)/b26-21-. The highest BCUT2D eigenvalue weighted by Gasteiger charge is 2.18. The van der Waals surface area contributed by atoms with Crippen LogP contribution in [0.5, 0.6) is 5.75 Å². The van der Waals surface area contributed by atoms with E-state index in [1.165, 1.54) is 12.1 Å². The van der Waals surface area contributed by atoms with Gasteiger partial charge in [-0.3, -0.25) is 0 Å². The molecule has 3 rings (SSSR count). The fourth-order valence-corrected chi connectivity index (χ4v) is 2.96. The van der Waals surface area contributed by atoms with Gasteiger partial charge in [0.1, 0.15) is 30.5 Å². The molecule has 1 aromatic heterocycles. The summed E-state index contributed by atoms with van der Waals surface area (Å²) in [6.45, 7) is 4.30. The molecule has 0 fully saturated rings. The maximum Gasteiger partial charge on any atom is 0.333 e. The zero-order chi connectivity index (χ0) is 23.6. The van der Waals surface area contributed by atoms with Crippen LogP contribution in [0.3, 0.4) is 0 Å². The zero-order valence-electron chi connectivity index (χ0n) is 18.4. The van der Waals surface area contributed by atoms with E-state index in [2.05, 4.69) is 10.3 Å². The summed E-state index contributed by atoms with van der Waals surface area (Å²) in [6, 6.07) is 14.6. The summed E-state index contributed by atoms with van der Waals surface area (Å²) in [5.41, 5.74) is 2.43. The van der Waals surface area contributed by atoms with Gasteiger partial charge in [-0.1, -0.05) is 22.4 Å². The minimum absolute atomic E-state index is 0.0497. The zero-order valence-corrected chi connectivity index (χ0v) is 18.4. The predicted molar refractivity (Wildman–Crippen MR) is 119 cm³/mol. The van der Waals surface area contributed by atoms with Crippen LogP contribution >= 0.6 is 0 Å². The lowest BCUT2D eigenvalue weighted by Gasteiger charge is -2.13. The second-order valence-corrected chi connectivity index (χ2v) is 6.96. The smallest absolute Gasteiger partial charge is 0.333 e. The van der Waals surface area contributed by atoms with Crippen LogP contribution in [0.1, 0.15) is 25.2 Å². The molecular formula is C24H25FN2O6. The highest BCUT2D eigenvalue weighted by atomic mass is 19.1. The number of carboxylic acids is 1. The van der Waals surface area contributed by atoms with Crippen molar-refractivity contribution in [2.24, 2.45) is 5.16 Å². The highest BCUT2D eigenvalue weighted by molar-refractivity contribution is 5.99. The lowest BCUT2D eigenvalue weighted by atomic mass is 10.1. The Balaban J connectivity index is 1.67. The van der Waals surface area contributed by atoms with Crippen LogP contribution in [-0.4, -0.2) is 47.9 Å². The molecule has 0 amide bonds. The molecule has 1 heterocycles. The minimum Gasteiger partial charge on any atom is -0.487 e. The summed E-state index contributed by atoms with van der Waals surface area (Å²) in [4.78, 5) is 16.4. The average Bonchev–Trinajstić information content (AvgIpc) is 3.30. The van der Waals surface area contributed by atoms with E-state index in [0.717, 1.165) is 5.56 Å². The van der Waals surface area contributed by atoms with Crippen molar-refractivity contribution in [3.05, 3.63) is 71.7 Å². The van der Waals surface area contributed by atoms with Crippen molar-refractivity contribution in [1.82, 2.24) is 5.16 Å². The van der Waals surface area contributed by atoms with Crippen LogP contribution in [0.25, 0.3) is 11.3 Å². The van der Waals surface area contributed by atoms with Crippen molar-refractivity contribution in [3.8, 4) is 17.0 Å². The second kappa shape index (κ2) is 11.8. The number of rotatable bonds is 12. The van der Waals surface area contributed by atoms with Crippen molar-refractivity contribution in [3.63, 3.8) is 0 Å². The molecule has 33 heavy (non-hydrogen) atoms. The van der Waals surface area contributed by atoms with Gasteiger partial charge in [-0.2, -0.15) is 0 Å². The molecular weight excluding hydrogens is 431 g/mol.